The zero-order valence-corrected chi connectivity index (χ0v) is 20.2. The van der Waals surface area contributed by atoms with Gasteiger partial charge in [-0.2, -0.15) is 0 Å². The third-order valence-electron chi connectivity index (χ3n) is 5.00. The van der Waals surface area contributed by atoms with Crippen LogP contribution in [0.5, 0.6) is 0 Å². The molecule has 8 nitrogen and oxygen atoms in total. The number of halogens is 2. The van der Waals surface area contributed by atoms with Gasteiger partial charge in [0.25, 0.3) is 0 Å². The Kier molecular flexibility index (Phi) is 11.5. The lowest BCUT2D eigenvalue weighted by molar-refractivity contribution is -0.0833. The molecule has 2 saturated heterocycles. The first-order valence-electron chi connectivity index (χ1n) is 10.8. The van der Waals surface area contributed by atoms with E-state index < -0.39 is 0 Å². The van der Waals surface area contributed by atoms with E-state index >= 15 is 0 Å². The standard InChI is InChI=1S/C21H34FN5O3.BrH/c1-17(2)29-12-4-7-24-21(25-15-18-16-28-13-14-30-18)27-10-8-26(9-11-27)20-19(22)5-3-6-23-20;/h3,5-6,17-18H,4,7-16H2,1-2H3,(H,24,25);1H/t18-;/m0./s1. The second-order valence-electron chi connectivity index (χ2n) is 7.71. The lowest BCUT2D eigenvalue weighted by atomic mass is 10.3. The number of piperazine rings is 1. The summed E-state index contributed by atoms with van der Waals surface area (Å²) in [5.74, 6) is 0.995. The molecular weight excluding hydrogens is 469 g/mol. The summed E-state index contributed by atoms with van der Waals surface area (Å²) < 4.78 is 30.9. The maximum atomic E-state index is 14.1. The number of anilines is 1. The van der Waals surface area contributed by atoms with Crippen LogP contribution < -0.4 is 10.2 Å². The van der Waals surface area contributed by atoms with E-state index in [-0.39, 0.29) is 35.0 Å². The van der Waals surface area contributed by atoms with Gasteiger partial charge in [-0.25, -0.2) is 9.37 Å². The Morgan fingerprint density at radius 2 is 2.13 bits per heavy atom. The molecule has 1 aromatic heterocycles. The smallest absolute Gasteiger partial charge is 0.194 e. The van der Waals surface area contributed by atoms with E-state index in [1.165, 1.54) is 6.07 Å². The van der Waals surface area contributed by atoms with Crippen molar-refractivity contribution in [3.8, 4) is 0 Å². The average Bonchev–Trinajstić information content (AvgIpc) is 2.77. The number of nitrogens with one attached hydrogen (secondary N) is 1. The molecule has 0 bridgehead atoms. The highest BCUT2D eigenvalue weighted by molar-refractivity contribution is 8.93. The molecule has 0 aromatic carbocycles. The van der Waals surface area contributed by atoms with E-state index in [1.54, 1.807) is 12.3 Å². The summed E-state index contributed by atoms with van der Waals surface area (Å²) in [6.45, 7) is 10.8. The van der Waals surface area contributed by atoms with Crippen molar-refractivity contribution in [3.05, 3.63) is 24.1 Å². The summed E-state index contributed by atoms with van der Waals surface area (Å²) in [6, 6.07) is 3.07. The molecule has 31 heavy (non-hydrogen) atoms. The number of aliphatic imine (C=N–C) groups is 1. The van der Waals surface area contributed by atoms with Crippen molar-refractivity contribution in [2.75, 3.05) is 70.6 Å². The number of nitrogens with zero attached hydrogens (tertiary/aromatic N) is 4. The fraction of sp³-hybridized carbons (Fsp3) is 0.714. The van der Waals surface area contributed by atoms with E-state index in [1.807, 2.05) is 18.7 Å². The number of guanidine groups is 1. The molecular formula is C21H35BrFN5O3. The van der Waals surface area contributed by atoms with Crippen molar-refractivity contribution in [3.63, 3.8) is 0 Å². The molecule has 2 fully saturated rings. The Bertz CT molecular complexity index is 668. The fourth-order valence-corrected chi connectivity index (χ4v) is 3.43. The Morgan fingerprint density at radius 3 is 2.81 bits per heavy atom. The van der Waals surface area contributed by atoms with Gasteiger partial charge in [0.1, 0.15) is 6.10 Å². The van der Waals surface area contributed by atoms with Gasteiger partial charge in [0.15, 0.2) is 17.6 Å². The van der Waals surface area contributed by atoms with Crippen LogP contribution >= 0.6 is 17.0 Å². The third kappa shape index (κ3) is 8.51. The summed E-state index contributed by atoms with van der Waals surface area (Å²) >= 11 is 0. The van der Waals surface area contributed by atoms with Gasteiger partial charge in [-0.05, 0) is 32.4 Å². The predicted octanol–water partition coefficient (Wildman–Crippen LogP) is 2.10. The van der Waals surface area contributed by atoms with E-state index in [4.69, 9.17) is 19.2 Å². The van der Waals surface area contributed by atoms with Gasteiger partial charge in [0.2, 0.25) is 0 Å². The maximum Gasteiger partial charge on any atom is 0.194 e. The largest absolute Gasteiger partial charge is 0.379 e. The molecule has 2 aliphatic heterocycles. The molecule has 1 N–H and O–H groups in total. The molecule has 3 rings (SSSR count). The van der Waals surface area contributed by atoms with Gasteiger partial charge in [-0.15, -0.1) is 17.0 Å². The monoisotopic (exact) mass is 503 g/mol. The maximum absolute atomic E-state index is 14.1. The summed E-state index contributed by atoms with van der Waals surface area (Å²) in [4.78, 5) is 13.2. The van der Waals surface area contributed by atoms with Crippen molar-refractivity contribution in [2.45, 2.75) is 32.5 Å². The lowest BCUT2D eigenvalue weighted by Gasteiger charge is -2.37. The highest BCUT2D eigenvalue weighted by Gasteiger charge is 2.23. The van der Waals surface area contributed by atoms with E-state index in [2.05, 4.69) is 15.2 Å². The summed E-state index contributed by atoms with van der Waals surface area (Å²) in [5.41, 5.74) is 0. The third-order valence-corrected chi connectivity index (χ3v) is 5.00. The topological polar surface area (TPSA) is 71.5 Å². The van der Waals surface area contributed by atoms with Crippen molar-refractivity contribution >= 4 is 28.8 Å². The van der Waals surface area contributed by atoms with Crippen LogP contribution in [0.4, 0.5) is 10.2 Å². The summed E-state index contributed by atoms with van der Waals surface area (Å²) in [5, 5.41) is 3.46. The van der Waals surface area contributed by atoms with E-state index in [0.29, 0.717) is 51.9 Å². The summed E-state index contributed by atoms with van der Waals surface area (Å²) in [7, 11) is 0. The van der Waals surface area contributed by atoms with Crippen LogP contribution in [0.1, 0.15) is 20.3 Å². The molecule has 0 amide bonds. The molecule has 0 unspecified atom stereocenters. The Balaban J connectivity index is 0.00000341. The van der Waals surface area contributed by atoms with E-state index in [0.717, 1.165) is 32.0 Å². The minimum atomic E-state index is -0.280. The number of hydrogen-bond acceptors (Lipinski definition) is 6. The van der Waals surface area contributed by atoms with Gasteiger partial charge >= 0.3 is 0 Å². The average molecular weight is 504 g/mol. The van der Waals surface area contributed by atoms with Crippen LogP contribution in [-0.2, 0) is 14.2 Å². The van der Waals surface area contributed by atoms with Crippen molar-refractivity contribution in [1.82, 2.24) is 15.2 Å². The molecule has 1 aromatic rings. The van der Waals surface area contributed by atoms with Crippen molar-refractivity contribution < 1.29 is 18.6 Å². The zero-order chi connectivity index (χ0) is 21.2. The van der Waals surface area contributed by atoms with E-state index in [9.17, 15) is 4.39 Å². The number of hydrogen-bond donors (Lipinski definition) is 1. The molecule has 1 atom stereocenters. The van der Waals surface area contributed by atoms with Gasteiger partial charge in [-0.3, -0.25) is 4.99 Å². The van der Waals surface area contributed by atoms with Crippen LogP contribution in [0.2, 0.25) is 0 Å². The van der Waals surface area contributed by atoms with Crippen molar-refractivity contribution in [1.29, 1.82) is 0 Å². The van der Waals surface area contributed by atoms with Gasteiger partial charge in [0.05, 0.1) is 32.5 Å². The normalized spacial score (nSPS) is 20.0. The second kappa shape index (κ2) is 13.8. The first kappa shape index (κ1) is 25.8. The molecule has 0 aliphatic carbocycles. The second-order valence-corrected chi connectivity index (χ2v) is 7.71. The highest BCUT2D eigenvalue weighted by Crippen LogP contribution is 2.17. The van der Waals surface area contributed by atoms with Gasteiger partial charge in [0, 0.05) is 45.5 Å². The molecule has 10 heteroatoms. The SMILES string of the molecule is Br.CC(C)OCCCNC(=NC[C@H]1COCCO1)N1CCN(c2ncccc2F)CC1. The molecule has 3 heterocycles. The number of pyridine rings is 1. The molecule has 0 spiro atoms. The van der Waals surface area contributed by atoms with Gasteiger partial charge in [-0.1, -0.05) is 0 Å². The number of aromatic nitrogens is 1. The number of rotatable bonds is 8. The lowest BCUT2D eigenvalue weighted by Crippen LogP contribution is -2.53. The van der Waals surface area contributed by atoms with Crippen LogP contribution in [0.25, 0.3) is 0 Å². The molecule has 0 saturated carbocycles. The Labute approximate surface area is 194 Å². The summed E-state index contributed by atoms with van der Waals surface area (Å²) in [6.07, 6.45) is 2.76. The molecule has 0 radical (unpaired) electrons. The first-order valence-corrected chi connectivity index (χ1v) is 10.8. The Hall–Kier alpha value is -1.49. The van der Waals surface area contributed by atoms with Crippen LogP contribution in [0, 0.1) is 5.82 Å². The number of ether oxygens (including phenoxy) is 3. The quantitative estimate of drug-likeness (QED) is 0.330. The van der Waals surface area contributed by atoms with Crippen LogP contribution in [-0.4, -0.2) is 93.7 Å². The van der Waals surface area contributed by atoms with Crippen LogP contribution in [0.15, 0.2) is 23.3 Å². The Morgan fingerprint density at radius 1 is 1.32 bits per heavy atom. The fourth-order valence-electron chi connectivity index (χ4n) is 3.43. The van der Waals surface area contributed by atoms with Gasteiger partial charge < -0.3 is 29.3 Å². The highest BCUT2D eigenvalue weighted by atomic mass is 79.9. The van der Waals surface area contributed by atoms with Crippen LogP contribution in [0.3, 0.4) is 0 Å². The predicted molar refractivity (Wildman–Crippen MR) is 125 cm³/mol. The molecule has 176 valence electrons. The minimum Gasteiger partial charge on any atom is -0.379 e. The zero-order valence-electron chi connectivity index (χ0n) is 18.5. The molecule has 2 aliphatic rings. The van der Waals surface area contributed by atoms with Crippen molar-refractivity contribution in [2.24, 2.45) is 4.99 Å². The first-order chi connectivity index (χ1) is 14.6. The minimum absolute atomic E-state index is 0.